The zero-order chi connectivity index (χ0) is 13.1. The van der Waals surface area contributed by atoms with Crippen molar-refractivity contribution in [3.63, 3.8) is 0 Å². The second-order valence-electron chi connectivity index (χ2n) is 3.20. The Morgan fingerprint density at radius 3 is 2.29 bits per heavy atom. The number of rotatable bonds is 7. The van der Waals surface area contributed by atoms with Gasteiger partial charge in [-0.05, 0) is 13.8 Å². The van der Waals surface area contributed by atoms with E-state index in [2.05, 4.69) is 0 Å². The number of carbonyl (C=O) groups is 2. The van der Waals surface area contributed by atoms with E-state index in [4.69, 9.17) is 14.6 Å². The highest BCUT2D eigenvalue weighted by Gasteiger charge is 2.12. The fraction of sp³-hybridized carbons (Fsp3) is 0.500. The molecule has 0 fully saturated rings. The average molecular weight is 242 g/mol. The first-order chi connectivity index (χ1) is 8.13. The van der Waals surface area contributed by atoms with Gasteiger partial charge in [-0.3, -0.25) is 0 Å². The Kier molecular flexibility index (Phi) is 8.68. The molecular formula is C12H18O5. The highest BCUT2D eigenvalue weighted by molar-refractivity contribution is 5.82. The molecule has 0 radical (unpaired) electrons. The molecule has 1 N–H and O–H groups in total. The van der Waals surface area contributed by atoms with Crippen molar-refractivity contribution in [1.29, 1.82) is 0 Å². The predicted molar refractivity (Wildman–Crippen MR) is 62.2 cm³/mol. The Bertz CT molecular complexity index is 293. The lowest BCUT2D eigenvalue weighted by atomic mass is 10.3. The van der Waals surface area contributed by atoms with Gasteiger partial charge in [0.15, 0.2) is 0 Å². The first-order valence-corrected chi connectivity index (χ1v) is 5.37. The Morgan fingerprint density at radius 2 is 1.76 bits per heavy atom. The van der Waals surface area contributed by atoms with Gasteiger partial charge in [-0.15, -0.1) is 0 Å². The van der Waals surface area contributed by atoms with E-state index in [-0.39, 0.29) is 19.6 Å². The largest absolute Gasteiger partial charge is 0.462 e. The molecule has 1 unspecified atom stereocenters. The van der Waals surface area contributed by atoms with Crippen LogP contribution in [0, 0.1) is 0 Å². The minimum atomic E-state index is -0.655. The molecule has 0 aliphatic heterocycles. The SMILES string of the molecule is C/C=C\C(=O)OCCC(CO)OC(=O)/C=C\C. The third-order valence-corrected chi connectivity index (χ3v) is 1.78. The van der Waals surface area contributed by atoms with Gasteiger partial charge in [-0.2, -0.15) is 0 Å². The normalized spacial score (nSPS) is 12.9. The zero-order valence-electron chi connectivity index (χ0n) is 10.1. The summed E-state index contributed by atoms with van der Waals surface area (Å²) in [5.74, 6) is -0.977. The Morgan fingerprint density at radius 1 is 1.18 bits per heavy atom. The predicted octanol–water partition coefficient (Wildman–Crippen LogP) is 0.976. The molecule has 0 bridgehead atoms. The van der Waals surface area contributed by atoms with Crippen LogP contribution < -0.4 is 0 Å². The highest BCUT2D eigenvalue weighted by Crippen LogP contribution is 2.00. The fourth-order valence-corrected chi connectivity index (χ4v) is 1.00. The van der Waals surface area contributed by atoms with Crippen molar-refractivity contribution in [2.24, 2.45) is 0 Å². The van der Waals surface area contributed by atoms with Crippen LogP contribution in [0.3, 0.4) is 0 Å². The van der Waals surface area contributed by atoms with Crippen LogP contribution in [0.1, 0.15) is 20.3 Å². The molecular weight excluding hydrogens is 224 g/mol. The van der Waals surface area contributed by atoms with Crippen molar-refractivity contribution in [2.45, 2.75) is 26.4 Å². The monoisotopic (exact) mass is 242 g/mol. The van der Waals surface area contributed by atoms with Crippen LogP contribution >= 0.6 is 0 Å². The Balaban J connectivity index is 3.90. The van der Waals surface area contributed by atoms with Crippen molar-refractivity contribution >= 4 is 11.9 Å². The molecule has 5 nitrogen and oxygen atoms in total. The molecule has 17 heavy (non-hydrogen) atoms. The fourth-order valence-electron chi connectivity index (χ4n) is 1.00. The first kappa shape index (κ1) is 15.4. The summed E-state index contributed by atoms with van der Waals surface area (Å²) in [6, 6.07) is 0. The molecule has 0 aliphatic rings. The highest BCUT2D eigenvalue weighted by atomic mass is 16.6. The topological polar surface area (TPSA) is 72.8 Å². The van der Waals surface area contributed by atoms with E-state index in [9.17, 15) is 9.59 Å². The van der Waals surface area contributed by atoms with Gasteiger partial charge < -0.3 is 14.6 Å². The summed E-state index contributed by atoms with van der Waals surface area (Å²) in [4.78, 5) is 22.0. The minimum Gasteiger partial charge on any atom is -0.462 e. The van der Waals surface area contributed by atoms with Crippen LogP contribution in [0.2, 0.25) is 0 Å². The van der Waals surface area contributed by atoms with E-state index < -0.39 is 18.0 Å². The van der Waals surface area contributed by atoms with Gasteiger partial charge in [0.1, 0.15) is 6.10 Å². The molecule has 0 aromatic rings. The number of hydrogen-bond donors (Lipinski definition) is 1. The molecule has 0 heterocycles. The molecule has 0 saturated carbocycles. The number of esters is 2. The standard InChI is InChI=1S/C12H18O5/c1-3-5-11(14)16-8-7-10(9-13)17-12(15)6-4-2/h3-6,10,13H,7-9H2,1-2H3/b5-3-,6-4-. The van der Waals surface area contributed by atoms with Gasteiger partial charge >= 0.3 is 11.9 Å². The van der Waals surface area contributed by atoms with Crippen LogP contribution in [0.5, 0.6) is 0 Å². The maximum Gasteiger partial charge on any atom is 0.330 e. The van der Waals surface area contributed by atoms with Gasteiger partial charge in [-0.25, -0.2) is 9.59 Å². The zero-order valence-corrected chi connectivity index (χ0v) is 10.1. The van der Waals surface area contributed by atoms with E-state index in [0.717, 1.165) is 0 Å². The van der Waals surface area contributed by atoms with E-state index in [1.54, 1.807) is 26.0 Å². The lowest BCUT2D eigenvalue weighted by Crippen LogP contribution is -2.23. The summed E-state index contributed by atoms with van der Waals surface area (Å²) in [5, 5.41) is 8.96. The number of aliphatic hydroxyl groups is 1. The van der Waals surface area contributed by atoms with Gasteiger partial charge in [0.2, 0.25) is 0 Å². The summed E-state index contributed by atoms with van der Waals surface area (Å²) in [7, 11) is 0. The summed E-state index contributed by atoms with van der Waals surface area (Å²) in [6.45, 7) is 3.19. The lowest BCUT2D eigenvalue weighted by molar-refractivity contribution is -0.147. The van der Waals surface area contributed by atoms with E-state index in [1.165, 1.54) is 12.2 Å². The minimum absolute atomic E-state index is 0.0948. The third-order valence-electron chi connectivity index (χ3n) is 1.78. The van der Waals surface area contributed by atoms with Crippen LogP contribution in [0.4, 0.5) is 0 Å². The number of ether oxygens (including phenoxy) is 2. The van der Waals surface area contributed by atoms with Crippen LogP contribution in [-0.4, -0.2) is 36.4 Å². The first-order valence-electron chi connectivity index (χ1n) is 5.37. The van der Waals surface area contributed by atoms with E-state index in [0.29, 0.717) is 0 Å². The lowest BCUT2D eigenvalue weighted by Gasteiger charge is -2.13. The van der Waals surface area contributed by atoms with E-state index in [1.807, 2.05) is 0 Å². The summed E-state index contributed by atoms with van der Waals surface area (Å²) >= 11 is 0. The maximum absolute atomic E-state index is 11.1. The molecule has 5 heteroatoms. The Labute approximate surface area is 101 Å². The molecule has 0 aliphatic carbocycles. The molecule has 0 aromatic heterocycles. The quantitative estimate of drug-likeness (QED) is 0.532. The summed E-state index contributed by atoms with van der Waals surface area (Å²) in [6.07, 6.45) is 5.27. The molecule has 96 valence electrons. The van der Waals surface area contributed by atoms with Crippen molar-refractivity contribution in [3.8, 4) is 0 Å². The van der Waals surface area contributed by atoms with Crippen LogP contribution in [-0.2, 0) is 19.1 Å². The average Bonchev–Trinajstić information content (AvgIpc) is 2.28. The van der Waals surface area contributed by atoms with Gasteiger partial charge in [0, 0.05) is 18.6 Å². The summed E-state index contributed by atoms with van der Waals surface area (Å²) < 4.78 is 9.71. The molecule has 0 amide bonds. The number of carbonyl (C=O) groups excluding carboxylic acids is 2. The molecule has 0 saturated heterocycles. The van der Waals surface area contributed by atoms with Gasteiger partial charge in [-0.1, -0.05) is 12.2 Å². The van der Waals surface area contributed by atoms with E-state index >= 15 is 0 Å². The van der Waals surface area contributed by atoms with Crippen molar-refractivity contribution in [3.05, 3.63) is 24.3 Å². The molecule has 0 rings (SSSR count). The van der Waals surface area contributed by atoms with Crippen LogP contribution in [0.15, 0.2) is 24.3 Å². The number of hydrogen-bond acceptors (Lipinski definition) is 5. The van der Waals surface area contributed by atoms with Crippen molar-refractivity contribution in [1.82, 2.24) is 0 Å². The van der Waals surface area contributed by atoms with Gasteiger partial charge in [0.05, 0.1) is 13.2 Å². The molecule has 1 atom stereocenters. The third kappa shape index (κ3) is 8.21. The van der Waals surface area contributed by atoms with Gasteiger partial charge in [0.25, 0.3) is 0 Å². The second-order valence-corrected chi connectivity index (χ2v) is 3.20. The van der Waals surface area contributed by atoms with Crippen molar-refractivity contribution in [2.75, 3.05) is 13.2 Å². The maximum atomic E-state index is 11.1. The Hall–Kier alpha value is -1.62. The molecule has 0 aromatic carbocycles. The van der Waals surface area contributed by atoms with Crippen LogP contribution in [0.25, 0.3) is 0 Å². The summed E-state index contributed by atoms with van der Waals surface area (Å²) in [5.41, 5.74) is 0. The number of allylic oxidation sites excluding steroid dienone is 2. The molecule has 0 spiro atoms. The second kappa shape index (κ2) is 9.59. The number of aliphatic hydroxyl groups excluding tert-OH is 1. The smallest absolute Gasteiger partial charge is 0.330 e. The van der Waals surface area contributed by atoms with Crippen molar-refractivity contribution < 1.29 is 24.2 Å².